The molecule has 0 saturated carbocycles. The molecule has 1 N–H and O–H groups in total. The van der Waals surface area contributed by atoms with Crippen LogP contribution in [-0.2, 0) is 11.2 Å². The van der Waals surface area contributed by atoms with Crippen molar-refractivity contribution in [2.45, 2.75) is 13.3 Å². The van der Waals surface area contributed by atoms with Gasteiger partial charge in [0.25, 0.3) is 0 Å². The van der Waals surface area contributed by atoms with Crippen molar-refractivity contribution in [2.24, 2.45) is 0 Å². The second kappa shape index (κ2) is 6.66. The van der Waals surface area contributed by atoms with Crippen LogP contribution in [-0.4, -0.2) is 35.1 Å². The molecular formula is C19H20N4O. The number of carbonyl (C=O) groups is 1. The van der Waals surface area contributed by atoms with Crippen molar-refractivity contribution in [2.75, 3.05) is 19.4 Å². The summed E-state index contributed by atoms with van der Waals surface area (Å²) in [6.07, 6.45) is 0.413. The summed E-state index contributed by atoms with van der Waals surface area (Å²) >= 11 is 0. The number of nitrogens with zero attached hydrogens (tertiary/aromatic N) is 3. The molecule has 0 spiro atoms. The minimum Gasteiger partial charge on any atom is -0.355 e. The molecule has 0 aliphatic heterocycles. The molecule has 3 rings (SSSR count). The number of anilines is 2. The van der Waals surface area contributed by atoms with Crippen LogP contribution in [0.4, 0.5) is 11.4 Å². The van der Waals surface area contributed by atoms with Crippen LogP contribution >= 0.6 is 0 Å². The van der Waals surface area contributed by atoms with Crippen molar-refractivity contribution in [1.82, 2.24) is 15.1 Å². The zero-order valence-corrected chi connectivity index (χ0v) is 14.1. The van der Waals surface area contributed by atoms with E-state index in [1.54, 1.807) is 19.0 Å². The van der Waals surface area contributed by atoms with Gasteiger partial charge < -0.3 is 10.2 Å². The number of fused-ring (bicyclic) bond motifs is 1. The van der Waals surface area contributed by atoms with Crippen LogP contribution in [0.5, 0.6) is 0 Å². The number of amides is 1. The lowest BCUT2D eigenvalue weighted by Crippen LogP contribution is -2.23. The third-order valence-corrected chi connectivity index (χ3v) is 3.84. The van der Waals surface area contributed by atoms with Crippen molar-refractivity contribution in [3.8, 4) is 0 Å². The van der Waals surface area contributed by atoms with Crippen LogP contribution in [0.1, 0.15) is 11.3 Å². The Labute approximate surface area is 141 Å². The largest absolute Gasteiger partial charge is 0.355 e. The molecule has 0 bridgehead atoms. The van der Waals surface area contributed by atoms with Crippen LogP contribution in [0.2, 0.25) is 0 Å². The van der Waals surface area contributed by atoms with Gasteiger partial charge in [-0.3, -0.25) is 4.79 Å². The normalized spacial score (nSPS) is 10.6. The van der Waals surface area contributed by atoms with Crippen molar-refractivity contribution in [3.63, 3.8) is 0 Å². The number of likely N-dealkylation sites (N-methyl/N-ethyl adjacent to an activating group) is 1. The monoisotopic (exact) mass is 320 g/mol. The lowest BCUT2D eigenvalue weighted by molar-refractivity contribution is -0.127. The Bertz CT molecular complexity index is 872. The fourth-order valence-corrected chi connectivity index (χ4v) is 2.47. The first kappa shape index (κ1) is 15.9. The van der Waals surface area contributed by atoms with E-state index in [1.807, 2.05) is 55.5 Å². The van der Waals surface area contributed by atoms with Gasteiger partial charge in [-0.15, -0.1) is 0 Å². The maximum atomic E-state index is 11.8. The molecular weight excluding hydrogens is 300 g/mol. The number of aryl methyl sites for hydroxylation is 1. The Kier molecular flexibility index (Phi) is 4.42. The molecule has 0 aliphatic carbocycles. The van der Waals surface area contributed by atoms with Gasteiger partial charge in [-0.25, -0.2) is 0 Å². The van der Waals surface area contributed by atoms with Crippen LogP contribution < -0.4 is 5.32 Å². The predicted octanol–water partition coefficient (Wildman–Crippen LogP) is 3.31. The molecule has 0 radical (unpaired) electrons. The van der Waals surface area contributed by atoms with Crippen molar-refractivity contribution >= 4 is 28.2 Å². The molecule has 5 nitrogen and oxygen atoms in total. The summed E-state index contributed by atoms with van der Waals surface area (Å²) < 4.78 is 0. The number of benzene rings is 2. The fourth-order valence-electron chi connectivity index (χ4n) is 2.47. The quantitative estimate of drug-likeness (QED) is 0.801. The number of hydrogen-bond donors (Lipinski definition) is 1. The predicted molar refractivity (Wildman–Crippen MR) is 96.4 cm³/mol. The molecule has 5 heteroatoms. The summed E-state index contributed by atoms with van der Waals surface area (Å²) in [5.41, 5.74) is 4.70. The van der Waals surface area contributed by atoms with Crippen LogP contribution in [0, 0.1) is 6.92 Å². The van der Waals surface area contributed by atoms with Crippen molar-refractivity contribution in [3.05, 3.63) is 59.8 Å². The second-order valence-corrected chi connectivity index (χ2v) is 6.01. The number of rotatable bonds is 4. The van der Waals surface area contributed by atoms with Gasteiger partial charge in [0, 0.05) is 30.9 Å². The Morgan fingerprint density at radius 1 is 1.08 bits per heavy atom. The summed E-state index contributed by atoms with van der Waals surface area (Å²) in [6.45, 7) is 1.93. The second-order valence-electron chi connectivity index (χ2n) is 6.01. The van der Waals surface area contributed by atoms with E-state index in [0.29, 0.717) is 6.42 Å². The van der Waals surface area contributed by atoms with E-state index in [4.69, 9.17) is 0 Å². The van der Waals surface area contributed by atoms with Gasteiger partial charge in [-0.05, 0) is 42.8 Å². The van der Waals surface area contributed by atoms with E-state index in [1.165, 1.54) is 0 Å². The van der Waals surface area contributed by atoms with Crippen molar-refractivity contribution in [1.29, 1.82) is 0 Å². The molecule has 1 heterocycles. The van der Waals surface area contributed by atoms with Crippen LogP contribution in [0.15, 0.2) is 48.5 Å². The van der Waals surface area contributed by atoms with Gasteiger partial charge in [0.2, 0.25) is 5.91 Å². The van der Waals surface area contributed by atoms with Gasteiger partial charge >= 0.3 is 0 Å². The number of hydrogen-bond acceptors (Lipinski definition) is 4. The molecule has 0 saturated heterocycles. The zero-order chi connectivity index (χ0) is 17.1. The number of carbonyl (C=O) groups excluding carboxylic acids is 1. The Hall–Kier alpha value is -2.95. The average Bonchev–Trinajstić information content (AvgIpc) is 2.57. The molecule has 2 aromatic carbocycles. The fraction of sp³-hybridized carbons (Fsp3) is 0.211. The molecule has 24 heavy (non-hydrogen) atoms. The van der Waals surface area contributed by atoms with Crippen LogP contribution in [0.3, 0.4) is 0 Å². The summed E-state index contributed by atoms with van der Waals surface area (Å²) in [5, 5.41) is 12.8. The maximum Gasteiger partial charge on any atom is 0.226 e. The standard InChI is InChI=1S/C19H20N4O/c1-13-11-16-17(5-4-6-18(16)22-21-13)20-15-9-7-14(8-10-15)12-19(24)23(2)3/h4-11,20H,12H2,1-3H3. The Balaban J connectivity index is 1.82. The highest BCUT2D eigenvalue weighted by Crippen LogP contribution is 2.25. The SMILES string of the molecule is Cc1cc2c(Nc3ccc(CC(=O)N(C)C)cc3)cccc2nn1. The molecule has 3 aromatic rings. The molecule has 0 atom stereocenters. The average molecular weight is 320 g/mol. The van der Waals surface area contributed by atoms with Gasteiger partial charge in [-0.2, -0.15) is 10.2 Å². The highest BCUT2D eigenvalue weighted by molar-refractivity contribution is 5.93. The van der Waals surface area contributed by atoms with E-state index in [9.17, 15) is 4.79 Å². The molecule has 0 aliphatic rings. The van der Waals surface area contributed by atoms with E-state index in [-0.39, 0.29) is 5.91 Å². The third-order valence-electron chi connectivity index (χ3n) is 3.84. The van der Waals surface area contributed by atoms with Crippen LogP contribution in [0.25, 0.3) is 10.9 Å². The molecule has 0 fully saturated rings. The first-order valence-corrected chi connectivity index (χ1v) is 7.82. The van der Waals surface area contributed by atoms with Gasteiger partial charge in [0.15, 0.2) is 0 Å². The Morgan fingerprint density at radius 2 is 1.83 bits per heavy atom. The minimum atomic E-state index is 0.0961. The zero-order valence-electron chi connectivity index (χ0n) is 14.1. The van der Waals surface area contributed by atoms with Gasteiger partial charge in [0.05, 0.1) is 17.6 Å². The lowest BCUT2D eigenvalue weighted by atomic mass is 10.1. The topological polar surface area (TPSA) is 58.1 Å². The molecule has 1 aromatic heterocycles. The summed E-state index contributed by atoms with van der Waals surface area (Å²) in [5.74, 6) is 0.0961. The number of aromatic nitrogens is 2. The summed E-state index contributed by atoms with van der Waals surface area (Å²) in [6, 6.07) is 15.9. The summed E-state index contributed by atoms with van der Waals surface area (Å²) in [7, 11) is 3.54. The van der Waals surface area contributed by atoms with E-state index in [0.717, 1.165) is 33.5 Å². The third kappa shape index (κ3) is 3.51. The smallest absolute Gasteiger partial charge is 0.226 e. The van der Waals surface area contributed by atoms with Crippen molar-refractivity contribution < 1.29 is 4.79 Å². The van der Waals surface area contributed by atoms with E-state index >= 15 is 0 Å². The van der Waals surface area contributed by atoms with E-state index < -0.39 is 0 Å². The van der Waals surface area contributed by atoms with Gasteiger partial charge in [-0.1, -0.05) is 18.2 Å². The van der Waals surface area contributed by atoms with Gasteiger partial charge in [0.1, 0.15) is 0 Å². The lowest BCUT2D eigenvalue weighted by Gasteiger charge is -2.12. The molecule has 0 unspecified atom stereocenters. The molecule has 1 amide bonds. The first-order chi connectivity index (χ1) is 11.5. The highest BCUT2D eigenvalue weighted by atomic mass is 16.2. The summed E-state index contributed by atoms with van der Waals surface area (Å²) in [4.78, 5) is 13.4. The minimum absolute atomic E-state index is 0.0961. The number of nitrogens with one attached hydrogen (secondary N) is 1. The van der Waals surface area contributed by atoms with E-state index in [2.05, 4.69) is 15.5 Å². The molecule has 122 valence electrons. The maximum absolute atomic E-state index is 11.8. The first-order valence-electron chi connectivity index (χ1n) is 7.82. The highest BCUT2D eigenvalue weighted by Gasteiger charge is 2.06. The Morgan fingerprint density at radius 3 is 2.54 bits per heavy atom.